The van der Waals surface area contributed by atoms with Crippen molar-refractivity contribution in [3.05, 3.63) is 17.7 Å². The zero-order valence-corrected chi connectivity index (χ0v) is 15.3. The van der Waals surface area contributed by atoms with E-state index in [2.05, 4.69) is 18.2 Å². The van der Waals surface area contributed by atoms with Crippen molar-refractivity contribution in [3.8, 4) is 29.6 Å². The molecule has 0 bridgehead atoms. The molecule has 0 aromatic heterocycles. The molecule has 25 heavy (non-hydrogen) atoms. The summed E-state index contributed by atoms with van der Waals surface area (Å²) in [5, 5.41) is 3.05. The van der Waals surface area contributed by atoms with E-state index in [1.165, 1.54) is 33.5 Å². The van der Waals surface area contributed by atoms with E-state index in [9.17, 15) is 4.79 Å². The standard InChI is InChI=1S/C20H27NO4/c1-5-11-25-18-16(23-3)12-15(13-17(18)24-4)19(22)21-14-20(2)9-7-6-8-10-20/h1,12-13H,6-11,14H2,2-4H3,(H,21,22). The molecule has 0 atom stereocenters. The number of methoxy groups -OCH3 is 2. The highest BCUT2D eigenvalue weighted by Gasteiger charge is 2.27. The monoisotopic (exact) mass is 345 g/mol. The van der Waals surface area contributed by atoms with Gasteiger partial charge in [0.25, 0.3) is 5.91 Å². The van der Waals surface area contributed by atoms with E-state index in [0.717, 1.165) is 12.8 Å². The Kier molecular flexibility index (Phi) is 6.58. The van der Waals surface area contributed by atoms with Crippen LogP contribution >= 0.6 is 0 Å². The Morgan fingerprint density at radius 1 is 1.20 bits per heavy atom. The molecule has 2 rings (SSSR count). The van der Waals surface area contributed by atoms with E-state index in [4.69, 9.17) is 20.6 Å². The molecule has 1 amide bonds. The molecule has 0 unspecified atom stereocenters. The lowest BCUT2D eigenvalue weighted by Crippen LogP contribution is -2.37. The summed E-state index contributed by atoms with van der Waals surface area (Å²) < 4.78 is 16.2. The fraction of sp³-hybridized carbons (Fsp3) is 0.550. The van der Waals surface area contributed by atoms with Crippen LogP contribution < -0.4 is 19.5 Å². The predicted octanol–water partition coefficient (Wildman–Crippen LogP) is 3.42. The predicted molar refractivity (Wildman–Crippen MR) is 97.4 cm³/mol. The molecule has 1 fully saturated rings. The van der Waals surface area contributed by atoms with Crippen LogP contribution in [0.25, 0.3) is 0 Å². The molecule has 1 aromatic rings. The highest BCUT2D eigenvalue weighted by Crippen LogP contribution is 2.39. The van der Waals surface area contributed by atoms with Crippen LogP contribution in [0.5, 0.6) is 17.2 Å². The highest BCUT2D eigenvalue weighted by molar-refractivity contribution is 5.95. The number of hydrogen-bond donors (Lipinski definition) is 1. The topological polar surface area (TPSA) is 56.8 Å². The lowest BCUT2D eigenvalue weighted by Gasteiger charge is -2.33. The molecule has 5 nitrogen and oxygen atoms in total. The molecule has 1 saturated carbocycles. The van der Waals surface area contributed by atoms with Crippen LogP contribution in [0.4, 0.5) is 0 Å². The maximum atomic E-state index is 12.6. The Bertz CT molecular complexity index is 617. The Balaban J connectivity index is 2.14. The number of benzene rings is 1. The van der Waals surface area contributed by atoms with Crippen molar-refractivity contribution in [1.29, 1.82) is 0 Å². The van der Waals surface area contributed by atoms with Crippen LogP contribution in [0, 0.1) is 17.8 Å². The van der Waals surface area contributed by atoms with Gasteiger partial charge in [-0.2, -0.15) is 0 Å². The fourth-order valence-corrected chi connectivity index (χ4v) is 3.24. The molecule has 0 spiro atoms. The van der Waals surface area contributed by atoms with Gasteiger partial charge in [-0.3, -0.25) is 4.79 Å². The Hall–Kier alpha value is -2.35. The number of ether oxygens (including phenoxy) is 3. The number of nitrogens with one attached hydrogen (secondary N) is 1. The van der Waals surface area contributed by atoms with Crippen LogP contribution in [0.3, 0.4) is 0 Å². The van der Waals surface area contributed by atoms with Crippen molar-refractivity contribution in [2.24, 2.45) is 5.41 Å². The second-order valence-electron chi connectivity index (χ2n) is 6.76. The Morgan fingerprint density at radius 3 is 2.32 bits per heavy atom. The zero-order valence-electron chi connectivity index (χ0n) is 15.3. The second-order valence-corrected chi connectivity index (χ2v) is 6.76. The SMILES string of the molecule is C#CCOc1c(OC)cc(C(=O)NCC2(C)CCCCC2)cc1OC. The third-order valence-electron chi connectivity index (χ3n) is 4.76. The van der Waals surface area contributed by atoms with Crippen molar-refractivity contribution >= 4 is 5.91 Å². The first-order valence-corrected chi connectivity index (χ1v) is 8.63. The number of hydrogen-bond acceptors (Lipinski definition) is 4. The van der Waals surface area contributed by atoms with Gasteiger partial charge in [0.15, 0.2) is 11.5 Å². The molecule has 0 aliphatic heterocycles. The number of carbonyl (C=O) groups excluding carboxylic acids is 1. The smallest absolute Gasteiger partial charge is 0.251 e. The molecule has 0 saturated heterocycles. The van der Waals surface area contributed by atoms with Crippen LogP contribution in [0.1, 0.15) is 49.4 Å². The summed E-state index contributed by atoms with van der Waals surface area (Å²) in [5.74, 6) is 3.50. The van der Waals surface area contributed by atoms with Gasteiger partial charge in [0, 0.05) is 12.1 Å². The average Bonchev–Trinajstić information content (AvgIpc) is 2.64. The summed E-state index contributed by atoms with van der Waals surface area (Å²) in [6, 6.07) is 3.29. The number of terminal acetylenes is 1. The maximum absolute atomic E-state index is 12.6. The van der Waals surface area contributed by atoms with E-state index >= 15 is 0 Å². The first kappa shape index (κ1) is 19.0. The minimum atomic E-state index is -0.146. The molecular formula is C20H27NO4. The van der Waals surface area contributed by atoms with Crippen LogP contribution in [0.2, 0.25) is 0 Å². The molecule has 0 radical (unpaired) electrons. The third kappa shape index (κ3) is 4.82. The van der Waals surface area contributed by atoms with Gasteiger partial charge >= 0.3 is 0 Å². The van der Waals surface area contributed by atoms with Gasteiger partial charge in [0.05, 0.1) is 14.2 Å². The van der Waals surface area contributed by atoms with Crippen LogP contribution in [-0.4, -0.2) is 33.3 Å². The largest absolute Gasteiger partial charge is 0.493 e. The van der Waals surface area contributed by atoms with Gasteiger partial charge in [-0.1, -0.05) is 32.1 Å². The van der Waals surface area contributed by atoms with Gasteiger partial charge in [-0.25, -0.2) is 0 Å². The summed E-state index contributed by atoms with van der Waals surface area (Å²) in [7, 11) is 3.03. The lowest BCUT2D eigenvalue weighted by atomic mass is 9.76. The van der Waals surface area contributed by atoms with Gasteiger partial charge in [-0.15, -0.1) is 6.42 Å². The number of carbonyl (C=O) groups is 1. The molecule has 1 aromatic carbocycles. The molecule has 1 aliphatic rings. The van der Waals surface area contributed by atoms with Crippen LogP contribution in [-0.2, 0) is 0 Å². The average molecular weight is 345 g/mol. The zero-order chi connectivity index (χ0) is 18.3. The van der Waals surface area contributed by atoms with Crippen LogP contribution in [0.15, 0.2) is 12.1 Å². The van der Waals surface area contributed by atoms with Crippen molar-refractivity contribution in [2.75, 3.05) is 27.4 Å². The Labute approximate surface area is 150 Å². The molecule has 1 aliphatic carbocycles. The molecular weight excluding hydrogens is 318 g/mol. The van der Waals surface area contributed by atoms with Gasteiger partial charge in [0.2, 0.25) is 5.75 Å². The highest BCUT2D eigenvalue weighted by atomic mass is 16.5. The first-order chi connectivity index (χ1) is 12.0. The summed E-state index contributed by atoms with van der Waals surface area (Å²) in [4.78, 5) is 12.6. The molecule has 136 valence electrons. The van der Waals surface area contributed by atoms with E-state index in [1.807, 2.05) is 0 Å². The minimum Gasteiger partial charge on any atom is -0.493 e. The first-order valence-electron chi connectivity index (χ1n) is 8.63. The maximum Gasteiger partial charge on any atom is 0.251 e. The fourth-order valence-electron chi connectivity index (χ4n) is 3.24. The van der Waals surface area contributed by atoms with E-state index in [1.54, 1.807) is 12.1 Å². The molecule has 0 heterocycles. The van der Waals surface area contributed by atoms with Crippen molar-refractivity contribution in [3.63, 3.8) is 0 Å². The minimum absolute atomic E-state index is 0.0939. The van der Waals surface area contributed by atoms with E-state index < -0.39 is 0 Å². The second kappa shape index (κ2) is 8.66. The summed E-state index contributed by atoms with van der Waals surface area (Å²) in [6.45, 7) is 3.01. The summed E-state index contributed by atoms with van der Waals surface area (Å²) in [5.41, 5.74) is 0.652. The van der Waals surface area contributed by atoms with Crippen molar-refractivity contribution in [1.82, 2.24) is 5.32 Å². The van der Waals surface area contributed by atoms with Gasteiger partial charge in [0.1, 0.15) is 6.61 Å². The third-order valence-corrected chi connectivity index (χ3v) is 4.76. The molecule has 1 N–H and O–H groups in total. The Morgan fingerprint density at radius 2 is 1.80 bits per heavy atom. The quantitative estimate of drug-likeness (QED) is 0.770. The lowest BCUT2D eigenvalue weighted by molar-refractivity contribution is 0.0918. The summed E-state index contributed by atoms with van der Waals surface area (Å²) >= 11 is 0. The van der Waals surface area contributed by atoms with E-state index in [-0.39, 0.29) is 17.9 Å². The number of rotatable bonds is 7. The number of amides is 1. The summed E-state index contributed by atoms with van der Waals surface area (Å²) in [6.07, 6.45) is 11.3. The normalized spacial score (nSPS) is 15.8. The van der Waals surface area contributed by atoms with E-state index in [0.29, 0.717) is 29.4 Å². The van der Waals surface area contributed by atoms with Gasteiger partial charge in [-0.05, 0) is 30.4 Å². The van der Waals surface area contributed by atoms with Gasteiger partial charge < -0.3 is 19.5 Å². The molecule has 5 heteroatoms. The van der Waals surface area contributed by atoms with Crippen molar-refractivity contribution in [2.45, 2.75) is 39.0 Å². The van der Waals surface area contributed by atoms with Crippen molar-refractivity contribution < 1.29 is 19.0 Å².